The summed E-state index contributed by atoms with van der Waals surface area (Å²) >= 11 is 0. The van der Waals surface area contributed by atoms with E-state index in [-0.39, 0.29) is 11.5 Å². The van der Waals surface area contributed by atoms with Crippen LogP contribution in [0.1, 0.15) is 37.5 Å². The van der Waals surface area contributed by atoms with Crippen LogP contribution >= 0.6 is 0 Å². The van der Waals surface area contributed by atoms with Crippen molar-refractivity contribution < 1.29 is 9.47 Å². The molecule has 0 bridgehead atoms. The van der Waals surface area contributed by atoms with Crippen LogP contribution in [0.5, 0.6) is 11.5 Å². The largest absolute Gasteiger partial charge is 0.493 e. The minimum atomic E-state index is -0.125. The minimum Gasteiger partial charge on any atom is -0.493 e. The van der Waals surface area contributed by atoms with Gasteiger partial charge in [-0.2, -0.15) is 5.10 Å². The molecule has 1 aromatic carbocycles. The molecule has 0 radical (unpaired) electrons. The predicted octanol–water partition coefficient (Wildman–Crippen LogP) is 2.06. The van der Waals surface area contributed by atoms with Crippen LogP contribution in [-0.4, -0.2) is 54.6 Å². The number of nitrogens with one attached hydrogen (secondary N) is 2. The van der Waals surface area contributed by atoms with Gasteiger partial charge in [-0.3, -0.25) is 4.99 Å². The third kappa shape index (κ3) is 4.81. The Morgan fingerprint density at radius 3 is 2.72 bits per heavy atom. The Morgan fingerprint density at radius 2 is 2.03 bits per heavy atom. The van der Waals surface area contributed by atoms with E-state index in [1.165, 1.54) is 5.56 Å². The molecule has 1 aliphatic heterocycles. The van der Waals surface area contributed by atoms with Gasteiger partial charge >= 0.3 is 0 Å². The predicted molar refractivity (Wildman–Crippen MR) is 114 cm³/mol. The SMILES string of the molecule is CN=C(NCC(C)(C)c1ccc(OC)c(OC)c1)NC1CCc2nc(C)nn2C1. The van der Waals surface area contributed by atoms with E-state index in [1.54, 1.807) is 21.3 Å². The summed E-state index contributed by atoms with van der Waals surface area (Å²) < 4.78 is 12.8. The van der Waals surface area contributed by atoms with Crippen molar-refractivity contribution in [3.8, 4) is 11.5 Å². The lowest BCUT2D eigenvalue weighted by Gasteiger charge is -2.29. The summed E-state index contributed by atoms with van der Waals surface area (Å²) in [6.45, 7) is 7.85. The molecule has 8 nitrogen and oxygen atoms in total. The Balaban J connectivity index is 1.61. The van der Waals surface area contributed by atoms with Crippen molar-refractivity contribution in [1.82, 2.24) is 25.4 Å². The van der Waals surface area contributed by atoms with Gasteiger partial charge in [0.05, 0.1) is 20.8 Å². The molecule has 2 heterocycles. The number of aliphatic imine (C=N–C) groups is 1. The number of ether oxygens (including phenoxy) is 2. The Kier molecular flexibility index (Phi) is 6.30. The zero-order valence-electron chi connectivity index (χ0n) is 18.2. The quantitative estimate of drug-likeness (QED) is 0.570. The summed E-state index contributed by atoms with van der Waals surface area (Å²) in [5.41, 5.74) is 1.04. The number of hydrogen-bond donors (Lipinski definition) is 2. The average molecular weight is 401 g/mol. The molecule has 0 saturated heterocycles. The minimum absolute atomic E-state index is 0.125. The van der Waals surface area contributed by atoms with E-state index < -0.39 is 0 Å². The van der Waals surface area contributed by atoms with Crippen molar-refractivity contribution in [3.63, 3.8) is 0 Å². The van der Waals surface area contributed by atoms with Crippen molar-refractivity contribution >= 4 is 5.96 Å². The van der Waals surface area contributed by atoms with Crippen molar-refractivity contribution in [2.75, 3.05) is 27.8 Å². The number of fused-ring (bicyclic) bond motifs is 1. The fourth-order valence-corrected chi connectivity index (χ4v) is 3.60. The van der Waals surface area contributed by atoms with Gasteiger partial charge < -0.3 is 20.1 Å². The van der Waals surface area contributed by atoms with Crippen molar-refractivity contribution in [2.45, 2.75) is 51.6 Å². The molecule has 29 heavy (non-hydrogen) atoms. The number of rotatable bonds is 6. The molecule has 1 aromatic heterocycles. The molecular formula is C21H32N6O2. The fourth-order valence-electron chi connectivity index (χ4n) is 3.60. The highest BCUT2D eigenvalue weighted by Crippen LogP contribution is 2.32. The molecule has 2 N–H and O–H groups in total. The van der Waals surface area contributed by atoms with Crippen LogP contribution < -0.4 is 20.1 Å². The molecular weight excluding hydrogens is 368 g/mol. The molecule has 0 fully saturated rings. The van der Waals surface area contributed by atoms with E-state index in [9.17, 15) is 0 Å². The van der Waals surface area contributed by atoms with Gasteiger partial charge in [-0.1, -0.05) is 19.9 Å². The average Bonchev–Trinajstić information content (AvgIpc) is 3.09. The van der Waals surface area contributed by atoms with Gasteiger partial charge in [-0.25, -0.2) is 9.67 Å². The number of nitrogens with zero attached hydrogens (tertiary/aromatic N) is 4. The van der Waals surface area contributed by atoms with Crippen molar-refractivity contribution in [1.29, 1.82) is 0 Å². The van der Waals surface area contributed by atoms with Crippen LogP contribution in [0.2, 0.25) is 0 Å². The van der Waals surface area contributed by atoms with Gasteiger partial charge in [0.15, 0.2) is 17.5 Å². The summed E-state index contributed by atoms with van der Waals surface area (Å²) in [6, 6.07) is 6.34. The van der Waals surface area contributed by atoms with Gasteiger partial charge in [0.25, 0.3) is 0 Å². The Bertz CT molecular complexity index is 874. The first kappa shape index (κ1) is 21.0. The Hall–Kier alpha value is -2.77. The van der Waals surface area contributed by atoms with Gasteiger partial charge in [0, 0.05) is 31.5 Å². The smallest absolute Gasteiger partial charge is 0.191 e. The number of aromatic nitrogens is 3. The summed E-state index contributed by atoms with van der Waals surface area (Å²) in [5.74, 6) is 4.17. The third-order valence-corrected chi connectivity index (χ3v) is 5.39. The normalized spacial score (nSPS) is 16.9. The lowest BCUT2D eigenvalue weighted by atomic mass is 9.84. The number of methoxy groups -OCH3 is 2. The van der Waals surface area contributed by atoms with Gasteiger partial charge in [0.2, 0.25) is 0 Å². The fraction of sp³-hybridized carbons (Fsp3) is 0.571. The van der Waals surface area contributed by atoms with Crippen molar-refractivity contribution in [2.24, 2.45) is 4.99 Å². The van der Waals surface area contributed by atoms with Gasteiger partial charge in [0.1, 0.15) is 11.6 Å². The topological polar surface area (TPSA) is 85.6 Å². The summed E-state index contributed by atoms with van der Waals surface area (Å²) in [5, 5.41) is 11.5. The lowest BCUT2D eigenvalue weighted by molar-refractivity contribution is 0.353. The van der Waals surface area contributed by atoms with E-state index in [1.807, 2.05) is 23.7 Å². The lowest BCUT2D eigenvalue weighted by Crippen LogP contribution is -2.49. The molecule has 3 rings (SSSR count). The first-order chi connectivity index (χ1) is 13.9. The number of hydrogen-bond acceptors (Lipinski definition) is 5. The zero-order valence-corrected chi connectivity index (χ0v) is 18.2. The molecule has 0 amide bonds. The Morgan fingerprint density at radius 1 is 1.28 bits per heavy atom. The molecule has 0 aliphatic carbocycles. The molecule has 0 saturated carbocycles. The summed E-state index contributed by atoms with van der Waals surface area (Å²) in [4.78, 5) is 8.88. The monoisotopic (exact) mass is 400 g/mol. The maximum Gasteiger partial charge on any atom is 0.191 e. The van der Waals surface area contributed by atoms with Crippen LogP contribution in [0.4, 0.5) is 0 Å². The second-order valence-corrected chi connectivity index (χ2v) is 8.02. The first-order valence-corrected chi connectivity index (χ1v) is 9.96. The van der Waals surface area contributed by atoms with E-state index >= 15 is 0 Å². The molecule has 8 heteroatoms. The van der Waals surface area contributed by atoms with Crippen molar-refractivity contribution in [3.05, 3.63) is 35.4 Å². The van der Waals surface area contributed by atoms with Crippen LogP contribution in [-0.2, 0) is 18.4 Å². The highest BCUT2D eigenvalue weighted by Gasteiger charge is 2.25. The highest BCUT2D eigenvalue weighted by atomic mass is 16.5. The number of benzene rings is 1. The van der Waals surface area contributed by atoms with E-state index in [4.69, 9.17) is 9.47 Å². The van der Waals surface area contributed by atoms with Crippen LogP contribution in [0.3, 0.4) is 0 Å². The summed E-state index contributed by atoms with van der Waals surface area (Å²) in [6.07, 6.45) is 1.94. The molecule has 1 unspecified atom stereocenters. The van der Waals surface area contributed by atoms with Crippen LogP contribution in [0, 0.1) is 6.92 Å². The highest BCUT2D eigenvalue weighted by molar-refractivity contribution is 5.80. The standard InChI is InChI=1S/C21H32N6O2/c1-14-24-19-10-8-16(12-27(19)26-14)25-20(22-4)23-13-21(2,3)15-7-9-17(28-5)18(11-15)29-6/h7,9,11,16H,8,10,12-13H2,1-6H3,(H2,22,23,25). The third-order valence-electron chi connectivity index (χ3n) is 5.39. The first-order valence-electron chi connectivity index (χ1n) is 9.96. The van der Waals surface area contributed by atoms with Gasteiger partial charge in [-0.15, -0.1) is 0 Å². The van der Waals surface area contributed by atoms with E-state index in [0.717, 1.165) is 55.0 Å². The maximum absolute atomic E-state index is 5.45. The van der Waals surface area contributed by atoms with Crippen LogP contribution in [0.15, 0.2) is 23.2 Å². The molecule has 1 aliphatic rings. The number of guanidine groups is 1. The second kappa shape index (κ2) is 8.71. The zero-order chi connectivity index (χ0) is 21.0. The van der Waals surface area contributed by atoms with E-state index in [2.05, 4.69) is 45.6 Å². The second-order valence-electron chi connectivity index (χ2n) is 8.02. The van der Waals surface area contributed by atoms with Gasteiger partial charge in [-0.05, 0) is 31.0 Å². The number of aryl methyl sites for hydroxylation is 2. The maximum atomic E-state index is 5.45. The van der Waals surface area contributed by atoms with Crippen LogP contribution in [0.25, 0.3) is 0 Å². The Labute approximate surface area is 172 Å². The molecule has 0 spiro atoms. The molecule has 2 aromatic rings. The molecule has 158 valence electrons. The summed E-state index contributed by atoms with van der Waals surface area (Å²) in [7, 11) is 5.10. The molecule has 1 atom stereocenters. The van der Waals surface area contributed by atoms with E-state index in [0.29, 0.717) is 0 Å².